The summed E-state index contributed by atoms with van der Waals surface area (Å²) in [7, 11) is -4.59. The summed E-state index contributed by atoms with van der Waals surface area (Å²) in [5.41, 5.74) is 0. The Labute approximate surface area is 141 Å². The fourth-order valence-corrected chi connectivity index (χ4v) is 4.86. The molecule has 0 aliphatic carbocycles. The van der Waals surface area contributed by atoms with Gasteiger partial charge in [0.2, 0.25) is 20.0 Å². The van der Waals surface area contributed by atoms with Gasteiger partial charge in [0.15, 0.2) is 0 Å². The number of carboxylic acid groups (broad SMARTS) is 1. The molecule has 0 radical (unpaired) electrons. The molecule has 1 aromatic rings. The standard InChI is InChI=1S/C14H20N2O6S2/c1-15(2)23(19,20)12-3-5-13(6-4-12)24(21,22)16-9-7-11(8-10-16)14(17)18/h3-6,11H,7-10H2,1-2H3,(H,17,18). The maximum absolute atomic E-state index is 12.6. The second-order valence-corrected chi connectivity index (χ2v) is 9.87. The molecule has 0 aromatic heterocycles. The molecule has 1 aliphatic rings. The van der Waals surface area contributed by atoms with Gasteiger partial charge in [-0.05, 0) is 37.1 Å². The molecule has 1 fully saturated rings. The lowest BCUT2D eigenvalue weighted by atomic mass is 9.99. The third kappa shape index (κ3) is 3.61. The Morgan fingerprint density at radius 2 is 1.50 bits per heavy atom. The minimum absolute atomic E-state index is 0.00557. The molecular weight excluding hydrogens is 356 g/mol. The summed E-state index contributed by atoms with van der Waals surface area (Å²) < 4.78 is 51.5. The Balaban J connectivity index is 2.21. The fourth-order valence-electron chi connectivity index (χ4n) is 2.49. The molecule has 1 aromatic carbocycles. The summed E-state index contributed by atoms with van der Waals surface area (Å²) in [5, 5.41) is 8.97. The van der Waals surface area contributed by atoms with Gasteiger partial charge in [0, 0.05) is 27.2 Å². The smallest absolute Gasteiger partial charge is 0.306 e. The third-order valence-corrected chi connectivity index (χ3v) is 7.79. The lowest BCUT2D eigenvalue weighted by molar-refractivity contribution is -0.142. The summed E-state index contributed by atoms with van der Waals surface area (Å²) >= 11 is 0. The number of nitrogens with zero attached hydrogens (tertiary/aromatic N) is 2. The average Bonchev–Trinajstić information content (AvgIpc) is 2.54. The quantitative estimate of drug-likeness (QED) is 0.797. The van der Waals surface area contributed by atoms with Crippen molar-refractivity contribution >= 4 is 26.0 Å². The first-order valence-electron chi connectivity index (χ1n) is 7.32. The van der Waals surface area contributed by atoms with Crippen molar-refractivity contribution in [2.45, 2.75) is 22.6 Å². The van der Waals surface area contributed by atoms with Crippen molar-refractivity contribution < 1.29 is 26.7 Å². The van der Waals surface area contributed by atoms with Crippen molar-refractivity contribution in [3.8, 4) is 0 Å². The summed E-state index contributed by atoms with van der Waals surface area (Å²) in [4.78, 5) is 10.9. The van der Waals surface area contributed by atoms with Gasteiger partial charge >= 0.3 is 5.97 Å². The van der Waals surface area contributed by atoms with E-state index in [1.54, 1.807) is 0 Å². The average molecular weight is 376 g/mol. The highest BCUT2D eigenvalue weighted by Crippen LogP contribution is 2.25. The van der Waals surface area contributed by atoms with E-state index in [2.05, 4.69) is 0 Å². The molecule has 1 saturated heterocycles. The predicted octanol–water partition coefficient (Wildman–Crippen LogP) is 0.422. The summed E-state index contributed by atoms with van der Waals surface area (Å²) in [6.45, 7) is 0.272. The molecule has 0 bridgehead atoms. The van der Waals surface area contributed by atoms with E-state index in [1.807, 2.05) is 0 Å². The lowest BCUT2D eigenvalue weighted by Crippen LogP contribution is -2.40. The molecule has 24 heavy (non-hydrogen) atoms. The van der Waals surface area contributed by atoms with Crippen molar-refractivity contribution in [1.82, 2.24) is 8.61 Å². The van der Waals surface area contributed by atoms with Crippen LogP contribution in [-0.4, -0.2) is 63.7 Å². The first kappa shape index (κ1) is 18.8. The Morgan fingerprint density at radius 1 is 1.04 bits per heavy atom. The van der Waals surface area contributed by atoms with E-state index < -0.39 is 31.9 Å². The molecule has 10 heteroatoms. The van der Waals surface area contributed by atoms with E-state index in [1.165, 1.54) is 42.7 Å². The van der Waals surface area contributed by atoms with Gasteiger partial charge < -0.3 is 5.11 Å². The van der Waals surface area contributed by atoms with Gasteiger partial charge in [-0.3, -0.25) is 4.79 Å². The number of sulfonamides is 2. The van der Waals surface area contributed by atoms with Crippen LogP contribution in [0.5, 0.6) is 0 Å². The van der Waals surface area contributed by atoms with Gasteiger partial charge in [-0.25, -0.2) is 21.1 Å². The zero-order chi connectivity index (χ0) is 18.1. The van der Waals surface area contributed by atoms with Crippen LogP contribution in [0.1, 0.15) is 12.8 Å². The van der Waals surface area contributed by atoms with Gasteiger partial charge in [0.25, 0.3) is 0 Å². The highest BCUT2D eigenvalue weighted by atomic mass is 32.2. The number of carbonyl (C=O) groups is 1. The number of hydrogen-bond donors (Lipinski definition) is 1. The van der Waals surface area contributed by atoms with Gasteiger partial charge in [0.05, 0.1) is 15.7 Å². The van der Waals surface area contributed by atoms with Crippen LogP contribution in [0.25, 0.3) is 0 Å². The zero-order valence-electron chi connectivity index (χ0n) is 13.4. The maximum Gasteiger partial charge on any atom is 0.306 e. The first-order chi connectivity index (χ1) is 11.1. The van der Waals surface area contributed by atoms with Crippen LogP contribution in [-0.2, 0) is 24.8 Å². The van der Waals surface area contributed by atoms with E-state index >= 15 is 0 Å². The fraction of sp³-hybridized carbons (Fsp3) is 0.500. The minimum Gasteiger partial charge on any atom is -0.481 e. The van der Waals surface area contributed by atoms with Crippen molar-refractivity contribution in [2.24, 2.45) is 5.92 Å². The van der Waals surface area contributed by atoms with Gasteiger partial charge in [-0.2, -0.15) is 4.31 Å². The van der Waals surface area contributed by atoms with Crippen LogP contribution in [0.3, 0.4) is 0 Å². The number of hydrogen-bond acceptors (Lipinski definition) is 5. The molecule has 0 unspecified atom stereocenters. The van der Waals surface area contributed by atoms with E-state index in [-0.39, 0.29) is 35.7 Å². The highest BCUT2D eigenvalue weighted by molar-refractivity contribution is 7.89. The molecule has 0 atom stereocenters. The van der Waals surface area contributed by atoms with Crippen molar-refractivity contribution in [3.63, 3.8) is 0 Å². The number of piperidine rings is 1. The number of benzene rings is 1. The Hall–Kier alpha value is -1.49. The summed E-state index contributed by atoms with van der Waals surface area (Å²) in [6, 6.07) is 5.03. The number of rotatable bonds is 5. The molecule has 0 amide bonds. The predicted molar refractivity (Wildman–Crippen MR) is 86.4 cm³/mol. The van der Waals surface area contributed by atoms with Crippen LogP contribution in [0, 0.1) is 5.92 Å². The van der Waals surface area contributed by atoms with Gasteiger partial charge in [-0.1, -0.05) is 0 Å². The van der Waals surface area contributed by atoms with Crippen LogP contribution in [0.15, 0.2) is 34.1 Å². The number of aliphatic carboxylic acids is 1. The van der Waals surface area contributed by atoms with Gasteiger partial charge in [-0.15, -0.1) is 0 Å². The summed E-state index contributed by atoms with van der Waals surface area (Å²) in [6.07, 6.45) is 0.531. The second-order valence-electron chi connectivity index (χ2n) is 5.78. The van der Waals surface area contributed by atoms with E-state index in [4.69, 9.17) is 5.11 Å². The Bertz CT molecular complexity index is 807. The monoisotopic (exact) mass is 376 g/mol. The second kappa shape index (κ2) is 6.79. The van der Waals surface area contributed by atoms with Crippen LogP contribution < -0.4 is 0 Å². The largest absolute Gasteiger partial charge is 0.481 e. The third-order valence-electron chi connectivity index (χ3n) is 4.04. The molecule has 8 nitrogen and oxygen atoms in total. The Kier molecular flexibility index (Phi) is 5.33. The normalized spacial score (nSPS) is 18.0. The molecule has 1 N–H and O–H groups in total. The lowest BCUT2D eigenvalue weighted by Gasteiger charge is -2.29. The zero-order valence-corrected chi connectivity index (χ0v) is 15.0. The van der Waals surface area contributed by atoms with Crippen LogP contribution in [0.4, 0.5) is 0 Å². The maximum atomic E-state index is 12.6. The topological polar surface area (TPSA) is 112 Å². The number of carboxylic acids is 1. The van der Waals surface area contributed by atoms with E-state index in [9.17, 15) is 21.6 Å². The molecule has 1 heterocycles. The van der Waals surface area contributed by atoms with E-state index in [0.29, 0.717) is 0 Å². The molecule has 0 saturated carbocycles. The van der Waals surface area contributed by atoms with Crippen LogP contribution >= 0.6 is 0 Å². The van der Waals surface area contributed by atoms with Crippen molar-refractivity contribution in [3.05, 3.63) is 24.3 Å². The van der Waals surface area contributed by atoms with Gasteiger partial charge in [0.1, 0.15) is 0 Å². The molecule has 0 spiro atoms. The SMILES string of the molecule is CN(C)S(=O)(=O)c1ccc(S(=O)(=O)N2CCC(C(=O)O)CC2)cc1. The highest BCUT2D eigenvalue weighted by Gasteiger charge is 2.32. The summed E-state index contributed by atoms with van der Waals surface area (Å²) in [5.74, 6) is -1.44. The molecule has 2 rings (SSSR count). The van der Waals surface area contributed by atoms with Crippen molar-refractivity contribution in [2.75, 3.05) is 27.2 Å². The molecule has 1 aliphatic heterocycles. The minimum atomic E-state index is -3.76. The van der Waals surface area contributed by atoms with Crippen molar-refractivity contribution in [1.29, 1.82) is 0 Å². The Morgan fingerprint density at radius 3 is 1.92 bits per heavy atom. The molecule has 134 valence electrons. The first-order valence-corrected chi connectivity index (χ1v) is 10.2. The van der Waals surface area contributed by atoms with E-state index in [0.717, 1.165) is 4.31 Å². The molecular formula is C14H20N2O6S2. The van der Waals surface area contributed by atoms with Crippen LogP contribution in [0.2, 0.25) is 0 Å².